The van der Waals surface area contributed by atoms with Crippen molar-refractivity contribution in [1.29, 1.82) is 0 Å². The minimum atomic E-state index is -1.60. The van der Waals surface area contributed by atoms with Crippen LogP contribution < -0.4 is 9.47 Å². The van der Waals surface area contributed by atoms with Gasteiger partial charge in [-0.3, -0.25) is 19.2 Å². The molecule has 12 heteroatoms. The molecule has 5 aromatic rings. The van der Waals surface area contributed by atoms with E-state index in [4.69, 9.17) is 28.1 Å². The number of carbonyl (C=O) groups excluding carboxylic acids is 4. The Bertz CT molecular complexity index is 2180. The van der Waals surface area contributed by atoms with Crippen LogP contribution in [-0.4, -0.2) is 65.9 Å². The number of fused-ring (bicyclic) bond motifs is 3. The summed E-state index contributed by atoms with van der Waals surface area (Å²) in [5, 5.41) is 2.01. The molecule has 292 valence electrons. The molecule has 1 aliphatic rings. The van der Waals surface area contributed by atoms with Crippen molar-refractivity contribution in [1.82, 2.24) is 9.88 Å². The van der Waals surface area contributed by atoms with Crippen molar-refractivity contribution in [2.24, 2.45) is 5.92 Å². The summed E-state index contributed by atoms with van der Waals surface area (Å²) >= 11 is 0. The van der Waals surface area contributed by atoms with Gasteiger partial charge in [-0.15, -0.1) is 0 Å². The summed E-state index contributed by atoms with van der Waals surface area (Å²) in [4.78, 5) is 60.1. The number of oxazole rings is 1. The highest BCUT2D eigenvalue weighted by Crippen LogP contribution is 2.38. The van der Waals surface area contributed by atoms with Gasteiger partial charge >= 0.3 is 17.9 Å². The van der Waals surface area contributed by atoms with Crippen LogP contribution in [0, 0.1) is 5.92 Å². The molecule has 56 heavy (non-hydrogen) atoms. The number of hydrogen-bond donors (Lipinski definition) is 0. The van der Waals surface area contributed by atoms with Gasteiger partial charge in [0.1, 0.15) is 11.4 Å². The first kappa shape index (κ1) is 39.5. The van der Waals surface area contributed by atoms with Gasteiger partial charge in [0.25, 0.3) is 5.91 Å². The van der Waals surface area contributed by atoms with Crippen LogP contribution in [0.1, 0.15) is 69.9 Å². The van der Waals surface area contributed by atoms with Crippen molar-refractivity contribution in [2.45, 2.75) is 71.6 Å². The predicted molar refractivity (Wildman–Crippen MR) is 208 cm³/mol. The van der Waals surface area contributed by atoms with E-state index in [0.717, 1.165) is 27.4 Å². The first-order valence-electron chi connectivity index (χ1n) is 18.8. The van der Waals surface area contributed by atoms with Gasteiger partial charge in [-0.1, -0.05) is 60.7 Å². The Kier molecular flexibility index (Phi) is 13.0. The van der Waals surface area contributed by atoms with E-state index >= 15 is 4.79 Å². The lowest BCUT2D eigenvalue weighted by Gasteiger charge is -2.38. The zero-order chi connectivity index (χ0) is 39.6. The summed E-state index contributed by atoms with van der Waals surface area (Å²) in [5.74, 6) is -2.72. The number of hydrogen-bond acceptors (Lipinski definition) is 11. The molecule has 0 N–H and O–H groups in total. The number of nitrogens with zero attached hydrogens (tertiary/aromatic N) is 2. The number of amides is 1. The molecular formula is C44H46N2O10. The minimum absolute atomic E-state index is 0.0194. The van der Waals surface area contributed by atoms with Gasteiger partial charge in [0.2, 0.25) is 12.7 Å². The predicted octanol–water partition coefficient (Wildman–Crippen LogP) is 7.77. The van der Waals surface area contributed by atoms with Crippen molar-refractivity contribution in [3.8, 4) is 11.5 Å². The maximum Gasteiger partial charge on any atom is 0.313 e. The maximum atomic E-state index is 15.2. The standard InChI is InChI=1S/C44H46N2O10/c1-5-51-41(48)23-21-35(44(50)52-6-2)42(55-29(4)47)43(49)46(26-30-18-19-31-12-7-8-13-32(31)24-30)28(3)34(33-20-22-38-39(25-33)54-27-53-38)14-11-17-40-45-36-15-9-10-16-37(36)56-40/h7-13,15-20,22,24-25,28,34-35,42H,5-6,14,21,23,26-27H2,1-4H3/t28-,34+,35?,42?/m1/s1. The van der Waals surface area contributed by atoms with Gasteiger partial charge in [0.05, 0.1) is 13.2 Å². The molecule has 12 nitrogen and oxygen atoms in total. The Hall–Kier alpha value is -6.17. The van der Waals surface area contributed by atoms with Gasteiger partial charge in [0.15, 0.2) is 23.2 Å². The van der Waals surface area contributed by atoms with Crippen molar-refractivity contribution in [3.05, 3.63) is 108 Å². The Morgan fingerprint density at radius 2 is 1.62 bits per heavy atom. The average Bonchev–Trinajstić information content (AvgIpc) is 3.84. The summed E-state index contributed by atoms with van der Waals surface area (Å²) in [5.41, 5.74) is 3.07. The highest BCUT2D eigenvalue weighted by Gasteiger charge is 2.42. The molecule has 0 saturated heterocycles. The van der Waals surface area contributed by atoms with E-state index in [1.807, 2.05) is 97.9 Å². The van der Waals surface area contributed by atoms with Crippen molar-refractivity contribution < 1.29 is 47.3 Å². The molecule has 4 atom stereocenters. The molecule has 1 amide bonds. The molecule has 0 spiro atoms. The molecule has 0 fully saturated rings. The van der Waals surface area contributed by atoms with Crippen molar-refractivity contribution >= 4 is 51.8 Å². The lowest BCUT2D eigenvalue weighted by atomic mass is 9.86. The van der Waals surface area contributed by atoms with E-state index in [0.29, 0.717) is 29.4 Å². The molecule has 0 bridgehead atoms. The third kappa shape index (κ3) is 9.55. The third-order valence-corrected chi connectivity index (χ3v) is 9.77. The number of aromatic nitrogens is 1. The van der Waals surface area contributed by atoms with Crippen LogP contribution in [0.3, 0.4) is 0 Å². The van der Waals surface area contributed by atoms with Gasteiger partial charge < -0.3 is 33.0 Å². The Balaban J connectivity index is 1.41. The molecular weight excluding hydrogens is 716 g/mol. The Morgan fingerprint density at radius 3 is 2.39 bits per heavy atom. The second kappa shape index (κ2) is 18.4. The second-order valence-corrected chi connectivity index (χ2v) is 13.5. The Morgan fingerprint density at radius 1 is 0.875 bits per heavy atom. The fraction of sp³-hybridized carbons (Fsp3) is 0.341. The monoisotopic (exact) mass is 762 g/mol. The van der Waals surface area contributed by atoms with Crippen molar-refractivity contribution in [2.75, 3.05) is 20.0 Å². The SMILES string of the molecule is CCOC(=O)CCC(C(=O)OCC)C(OC(C)=O)C(=O)N(Cc1ccc2ccccc2c1)[C@H](C)[C@H](CC=Cc1nc2ccccc2o1)c1ccc2c(c1)OCO2. The summed E-state index contributed by atoms with van der Waals surface area (Å²) in [6.45, 7) is 6.78. The first-order chi connectivity index (χ1) is 27.1. The lowest BCUT2D eigenvalue weighted by Crippen LogP contribution is -2.51. The molecule has 4 aromatic carbocycles. The molecule has 1 aromatic heterocycles. The fourth-order valence-corrected chi connectivity index (χ4v) is 7.00. The average molecular weight is 763 g/mol. The summed E-state index contributed by atoms with van der Waals surface area (Å²) < 4.78 is 33.5. The smallest absolute Gasteiger partial charge is 0.313 e. The van der Waals surface area contributed by atoms with Gasteiger partial charge in [-0.05, 0) is 91.9 Å². The van der Waals surface area contributed by atoms with Gasteiger partial charge in [-0.25, -0.2) is 4.98 Å². The van der Waals surface area contributed by atoms with E-state index in [9.17, 15) is 14.4 Å². The van der Waals surface area contributed by atoms with Gasteiger partial charge in [0, 0.05) is 31.8 Å². The third-order valence-electron chi connectivity index (χ3n) is 9.77. The molecule has 0 radical (unpaired) electrons. The zero-order valence-corrected chi connectivity index (χ0v) is 32.0. The van der Waals surface area contributed by atoms with E-state index in [-0.39, 0.29) is 45.3 Å². The summed E-state index contributed by atoms with van der Waals surface area (Å²) in [6, 6.07) is 26.4. The van der Waals surface area contributed by atoms with Crippen LogP contribution in [0.25, 0.3) is 27.9 Å². The normalized spacial score (nSPS) is 14.3. The minimum Gasteiger partial charge on any atom is -0.466 e. The number of allylic oxidation sites excluding steroid dienone is 1. The molecule has 1 aliphatic heterocycles. The van der Waals surface area contributed by atoms with Crippen LogP contribution in [0.15, 0.2) is 95.4 Å². The van der Waals surface area contributed by atoms with E-state index < -0.39 is 41.9 Å². The van der Waals surface area contributed by atoms with Crippen LogP contribution in [0.2, 0.25) is 0 Å². The van der Waals surface area contributed by atoms with Gasteiger partial charge in [-0.2, -0.15) is 0 Å². The summed E-state index contributed by atoms with van der Waals surface area (Å²) in [6.07, 6.45) is 2.23. The maximum absolute atomic E-state index is 15.2. The number of benzene rings is 4. The number of carbonyl (C=O) groups is 4. The number of ether oxygens (including phenoxy) is 5. The summed E-state index contributed by atoms with van der Waals surface area (Å²) in [7, 11) is 0. The van der Waals surface area contributed by atoms with Crippen LogP contribution >= 0.6 is 0 Å². The zero-order valence-electron chi connectivity index (χ0n) is 32.0. The topological polar surface area (TPSA) is 144 Å². The number of para-hydroxylation sites is 2. The number of esters is 3. The first-order valence-corrected chi connectivity index (χ1v) is 18.8. The van der Waals surface area contributed by atoms with Crippen molar-refractivity contribution in [3.63, 3.8) is 0 Å². The largest absolute Gasteiger partial charge is 0.466 e. The molecule has 2 heterocycles. The number of rotatable bonds is 17. The molecule has 2 unspecified atom stereocenters. The highest BCUT2D eigenvalue weighted by atomic mass is 16.7. The molecule has 6 rings (SSSR count). The Labute approximate surface area is 325 Å². The van der Waals surface area contributed by atoms with Crippen LogP contribution in [0.5, 0.6) is 11.5 Å². The molecule has 0 saturated carbocycles. The van der Waals surface area contributed by atoms with E-state index in [1.165, 1.54) is 6.92 Å². The van der Waals surface area contributed by atoms with Crippen LogP contribution in [0.4, 0.5) is 0 Å². The highest BCUT2D eigenvalue weighted by molar-refractivity contribution is 5.90. The van der Waals surface area contributed by atoms with Crippen LogP contribution in [-0.2, 0) is 39.9 Å². The quantitative estimate of drug-likeness (QED) is 0.0677. The van der Waals surface area contributed by atoms with E-state index in [1.54, 1.807) is 24.8 Å². The van der Waals surface area contributed by atoms with E-state index in [2.05, 4.69) is 4.98 Å². The lowest BCUT2D eigenvalue weighted by molar-refractivity contribution is -0.172. The second-order valence-electron chi connectivity index (χ2n) is 13.5. The fourth-order valence-electron chi connectivity index (χ4n) is 7.00. The molecule has 0 aliphatic carbocycles.